The van der Waals surface area contributed by atoms with Gasteiger partial charge >= 0.3 is 0 Å². The first kappa shape index (κ1) is 14.9. The Bertz CT molecular complexity index is 503. The molecule has 2 aliphatic rings. The molecule has 4 heteroatoms. The lowest BCUT2D eigenvalue weighted by Gasteiger charge is -2.36. The molecule has 21 heavy (non-hydrogen) atoms. The van der Waals surface area contributed by atoms with Crippen molar-refractivity contribution >= 4 is 17.7 Å². The van der Waals surface area contributed by atoms with Gasteiger partial charge < -0.3 is 10.2 Å². The van der Waals surface area contributed by atoms with E-state index >= 15 is 0 Å². The highest BCUT2D eigenvalue weighted by molar-refractivity contribution is 8.00. The van der Waals surface area contributed by atoms with E-state index in [0.717, 1.165) is 38.2 Å². The molecule has 2 atom stereocenters. The van der Waals surface area contributed by atoms with Gasteiger partial charge in [0.15, 0.2) is 0 Å². The minimum absolute atomic E-state index is 0.0169. The summed E-state index contributed by atoms with van der Waals surface area (Å²) in [6.07, 6.45) is 3.46. The van der Waals surface area contributed by atoms with Crippen molar-refractivity contribution in [2.75, 3.05) is 32.4 Å². The fourth-order valence-corrected chi connectivity index (χ4v) is 4.76. The second kappa shape index (κ2) is 6.84. The van der Waals surface area contributed by atoms with Gasteiger partial charge in [0.1, 0.15) is 5.25 Å². The smallest absolute Gasteiger partial charge is 0.240 e. The standard InChI is InChI=1S/C17H24N2OS/c1-18-11-13-5-4-9-19(12-13)17(20)16-15-7-3-2-6-14(15)8-10-21-16/h2-3,6-7,13,16,18H,4-5,8-12H2,1H3/t13-,16-/m0/s1. The number of fused-ring (bicyclic) bond motifs is 1. The molecule has 114 valence electrons. The molecule has 0 spiro atoms. The van der Waals surface area contributed by atoms with Crippen LogP contribution in [0.2, 0.25) is 0 Å². The minimum atomic E-state index is 0.0169. The number of carbonyl (C=O) groups excluding carboxylic acids is 1. The molecule has 2 heterocycles. The molecule has 3 rings (SSSR count). The van der Waals surface area contributed by atoms with E-state index in [9.17, 15) is 4.79 Å². The van der Waals surface area contributed by atoms with Crippen LogP contribution in [0, 0.1) is 5.92 Å². The SMILES string of the molecule is CNC[C@@H]1CCCN(C(=O)[C@H]2SCCc3ccccc32)C1. The van der Waals surface area contributed by atoms with Crippen molar-refractivity contribution in [2.45, 2.75) is 24.5 Å². The maximum atomic E-state index is 13.0. The average molecular weight is 304 g/mol. The summed E-state index contributed by atoms with van der Waals surface area (Å²) < 4.78 is 0. The van der Waals surface area contributed by atoms with Crippen LogP contribution in [0.1, 0.15) is 29.2 Å². The zero-order valence-electron chi connectivity index (χ0n) is 12.7. The molecule has 3 nitrogen and oxygen atoms in total. The number of nitrogens with zero attached hydrogens (tertiary/aromatic N) is 1. The number of piperidine rings is 1. The van der Waals surface area contributed by atoms with Crippen molar-refractivity contribution in [2.24, 2.45) is 5.92 Å². The molecule has 0 unspecified atom stereocenters. The predicted molar refractivity (Wildman–Crippen MR) is 88.6 cm³/mol. The first-order chi connectivity index (χ1) is 10.3. The van der Waals surface area contributed by atoms with Crippen molar-refractivity contribution < 1.29 is 4.79 Å². The molecule has 0 aliphatic carbocycles. The maximum Gasteiger partial charge on any atom is 0.240 e. The largest absolute Gasteiger partial charge is 0.341 e. The number of carbonyl (C=O) groups is 1. The molecule has 1 fully saturated rings. The van der Waals surface area contributed by atoms with Crippen LogP contribution in [0.4, 0.5) is 0 Å². The fourth-order valence-electron chi connectivity index (χ4n) is 3.48. The van der Waals surface area contributed by atoms with Gasteiger partial charge in [-0.3, -0.25) is 4.79 Å². The Kier molecular flexibility index (Phi) is 4.86. The van der Waals surface area contributed by atoms with E-state index in [2.05, 4.69) is 34.5 Å². The second-order valence-electron chi connectivity index (χ2n) is 6.05. The van der Waals surface area contributed by atoms with Gasteiger partial charge in [0.2, 0.25) is 5.91 Å². The highest BCUT2D eigenvalue weighted by atomic mass is 32.2. The third-order valence-electron chi connectivity index (χ3n) is 4.54. The van der Waals surface area contributed by atoms with Crippen LogP contribution in [-0.4, -0.2) is 43.2 Å². The van der Waals surface area contributed by atoms with Crippen molar-refractivity contribution in [1.82, 2.24) is 10.2 Å². The second-order valence-corrected chi connectivity index (χ2v) is 7.26. The molecule has 1 aromatic rings. The van der Waals surface area contributed by atoms with Crippen LogP contribution in [0.3, 0.4) is 0 Å². The molecule has 2 aliphatic heterocycles. The molecular weight excluding hydrogens is 280 g/mol. The highest BCUT2D eigenvalue weighted by Gasteiger charge is 2.32. The Hall–Kier alpha value is -1.00. The maximum absolute atomic E-state index is 13.0. The number of amides is 1. The van der Waals surface area contributed by atoms with Gasteiger partial charge in [-0.1, -0.05) is 24.3 Å². The first-order valence-electron chi connectivity index (χ1n) is 7.92. The Labute approximate surface area is 131 Å². The number of hydrogen-bond donors (Lipinski definition) is 1. The molecule has 0 saturated carbocycles. The zero-order valence-corrected chi connectivity index (χ0v) is 13.5. The molecule has 1 aromatic carbocycles. The van der Waals surface area contributed by atoms with Crippen LogP contribution >= 0.6 is 11.8 Å². The fraction of sp³-hybridized carbons (Fsp3) is 0.588. The highest BCUT2D eigenvalue weighted by Crippen LogP contribution is 2.38. The zero-order chi connectivity index (χ0) is 14.7. The normalized spacial score (nSPS) is 25.5. The van der Waals surface area contributed by atoms with E-state index in [0.29, 0.717) is 11.8 Å². The number of thioether (sulfide) groups is 1. The quantitative estimate of drug-likeness (QED) is 0.931. The average Bonchev–Trinajstić information content (AvgIpc) is 2.54. The van der Waals surface area contributed by atoms with E-state index in [1.165, 1.54) is 17.5 Å². The summed E-state index contributed by atoms with van der Waals surface area (Å²) in [5, 5.41) is 3.27. The van der Waals surface area contributed by atoms with E-state index < -0.39 is 0 Å². The van der Waals surface area contributed by atoms with Crippen LogP contribution < -0.4 is 5.32 Å². The van der Waals surface area contributed by atoms with Gasteiger partial charge in [-0.2, -0.15) is 0 Å². The number of nitrogens with one attached hydrogen (secondary N) is 1. The molecule has 1 amide bonds. The van der Waals surface area contributed by atoms with Crippen LogP contribution in [0.25, 0.3) is 0 Å². The van der Waals surface area contributed by atoms with E-state index in [1.807, 2.05) is 18.8 Å². The van der Waals surface area contributed by atoms with Crippen molar-refractivity contribution in [1.29, 1.82) is 0 Å². The molecule has 0 bridgehead atoms. The topological polar surface area (TPSA) is 32.3 Å². The summed E-state index contributed by atoms with van der Waals surface area (Å²) in [7, 11) is 1.99. The third kappa shape index (κ3) is 3.27. The third-order valence-corrected chi connectivity index (χ3v) is 5.77. The minimum Gasteiger partial charge on any atom is -0.341 e. The Morgan fingerprint density at radius 2 is 2.29 bits per heavy atom. The number of rotatable bonds is 3. The molecule has 0 aromatic heterocycles. The van der Waals surface area contributed by atoms with E-state index in [1.54, 1.807) is 0 Å². The van der Waals surface area contributed by atoms with E-state index in [-0.39, 0.29) is 5.25 Å². The van der Waals surface area contributed by atoms with Gasteiger partial charge in [0, 0.05) is 13.1 Å². The first-order valence-corrected chi connectivity index (χ1v) is 8.97. The predicted octanol–water partition coefficient (Wildman–Crippen LogP) is 2.48. The molecule has 1 N–H and O–H groups in total. The van der Waals surface area contributed by atoms with Gasteiger partial charge in [-0.15, -0.1) is 11.8 Å². The van der Waals surface area contributed by atoms with Gasteiger partial charge in [-0.25, -0.2) is 0 Å². The summed E-state index contributed by atoms with van der Waals surface area (Å²) in [4.78, 5) is 15.1. The van der Waals surface area contributed by atoms with Crippen LogP contribution in [0.5, 0.6) is 0 Å². The van der Waals surface area contributed by atoms with Gasteiger partial charge in [0.25, 0.3) is 0 Å². The summed E-state index contributed by atoms with van der Waals surface area (Å²) >= 11 is 1.82. The van der Waals surface area contributed by atoms with Gasteiger partial charge in [0.05, 0.1) is 0 Å². The Morgan fingerprint density at radius 3 is 3.14 bits per heavy atom. The number of aryl methyl sites for hydroxylation is 1. The van der Waals surface area contributed by atoms with Gasteiger partial charge in [-0.05, 0) is 55.7 Å². The Morgan fingerprint density at radius 1 is 1.43 bits per heavy atom. The lowest BCUT2D eigenvalue weighted by atomic mass is 9.96. The van der Waals surface area contributed by atoms with Crippen molar-refractivity contribution in [3.63, 3.8) is 0 Å². The number of hydrogen-bond acceptors (Lipinski definition) is 3. The summed E-state index contributed by atoms with van der Waals surface area (Å²) in [5.41, 5.74) is 2.60. The monoisotopic (exact) mass is 304 g/mol. The lowest BCUT2D eigenvalue weighted by Crippen LogP contribution is -2.44. The van der Waals surface area contributed by atoms with Crippen molar-refractivity contribution in [3.05, 3.63) is 35.4 Å². The summed E-state index contributed by atoms with van der Waals surface area (Å²) in [6.45, 7) is 2.86. The molecular formula is C17H24N2OS. The molecule has 0 radical (unpaired) electrons. The summed E-state index contributed by atoms with van der Waals surface area (Å²) in [6, 6.07) is 8.46. The van der Waals surface area contributed by atoms with Crippen LogP contribution in [0.15, 0.2) is 24.3 Å². The lowest BCUT2D eigenvalue weighted by molar-refractivity contribution is -0.132. The summed E-state index contributed by atoms with van der Waals surface area (Å²) in [5.74, 6) is 1.99. The van der Waals surface area contributed by atoms with Crippen molar-refractivity contribution in [3.8, 4) is 0 Å². The Balaban J connectivity index is 1.74. The number of likely N-dealkylation sites (tertiary alicyclic amines) is 1. The van der Waals surface area contributed by atoms with Crippen LogP contribution in [-0.2, 0) is 11.2 Å². The molecule has 1 saturated heterocycles. The van der Waals surface area contributed by atoms with E-state index in [4.69, 9.17) is 0 Å². The number of benzene rings is 1.